The number of hydrogen-bond acceptors (Lipinski definition) is 2. The van der Waals surface area contributed by atoms with Crippen LogP contribution in [0.4, 0.5) is 4.39 Å². The fraction of sp³-hybridized carbons (Fsp3) is 0. The molecule has 0 spiro atoms. The molecular weight excluding hydrogens is 260 g/mol. The number of oxime groups is 1. The molecule has 0 bridgehead atoms. The van der Waals surface area contributed by atoms with Crippen molar-refractivity contribution in [1.29, 1.82) is 0 Å². The van der Waals surface area contributed by atoms with Gasteiger partial charge in [-0.3, -0.25) is 0 Å². The van der Waals surface area contributed by atoms with Gasteiger partial charge in [-0.2, -0.15) is 0 Å². The molecule has 0 aromatic heterocycles. The van der Waals surface area contributed by atoms with Crippen LogP contribution in [0, 0.1) is 9.39 Å². The van der Waals surface area contributed by atoms with Crippen LogP contribution in [-0.4, -0.2) is 11.4 Å². The highest BCUT2D eigenvalue weighted by Crippen LogP contribution is 2.13. The van der Waals surface area contributed by atoms with Crippen molar-refractivity contribution < 1.29 is 9.60 Å². The maximum absolute atomic E-state index is 12.8. The van der Waals surface area contributed by atoms with Crippen molar-refractivity contribution in [1.82, 2.24) is 0 Å². The summed E-state index contributed by atoms with van der Waals surface area (Å²) in [5, 5.41) is 10.9. The Morgan fingerprint density at radius 1 is 1.55 bits per heavy atom. The van der Waals surface area contributed by atoms with Crippen LogP contribution in [0.3, 0.4) is 0 Å². The number of nitrogens with zero attached hydrogens (tertiary/aromatic N) is 1. The average molecular weight is 265 g/mol. The lowest BCUT2D eigenvalue weighted by molar-refractivity contribution is 0.321. The molecule has 1 aromatic rings. The highest BCUT2D eigenvalue weighted by atomic mass is 127. The lowest BCUT2D eigenvalue weighted by atomic mass is 10.2. The van der Waals surface area contributed by atoms with Gasteiger partial charge in [-0.15, -0.1) is 0 Å². The van der Waals surface area contributed by atoms with Crippen LogP contribution in [0.15, 0.2) is 23.4 Å². The Morgan fingerprint density at radius 3 is 2.82 bits per heavy atom. The minimum absolute atomic E-state index is 0.315. The van der Waals surface area contributed by atoms with Crippen molar-refractivity contribution in [3.63, 3.8) is 0 Å². The fourth-order valence-electron chi connectivity index (χ4n) is 0.692. The van der Waals surface area contributed by atoms with Gasteiger partial charge in [0, 0.05) is 9.13 Å². The van der Waals surface area contributed by atoms with Crippen LogP contribution in [-0.2, 0) is 0 Å². The van der Waals surface area contributed by atoms with Crippen molar-refractivity contribution >= 4 is 28.8 Å². The molecule has 0 amide bonds. The van der Waals surface area contributed by atoms with Gasteiger partial charge < -0.3 is 5.21 Å². The lowest BCUT2D eigenvalue weighted by Crippen LogP contribution is -1.91. The smallest absolute Gasteiger partial charge is 0.133 e. The van der Waals surface area contributed by atoms with E-state index >= 15 is 0 Å². The summed E-state index contributed by atoms with van der Waals surface area (Å²) in [5.41, 5.74) is 0.315. The van der Waals surface area contributed by atoms with Gasteiger partial charge in [0.1, 0.15) is 5.82 Å². The zero-order valence-corrected chi connectivity index (χ0v) is 7.62. The SMILES string of the molecule is ON=Cc1c(F)cccc1I. The van der Waals surface area contributed by atoms with E-state index in [-0.39, 0.29) is 5.82 Å². The zero-order valence-electron chi connectivity index (χ0n) is 5.46. The molecule has 0 saturated heterocycles. The first-order valence-corrected chi connectivity index (χ1v) is 3.95. The summed E-state index contributed by atoms with van der Waals surface area (Å²) in [6.45, 7) is 0. The quantitative estimate of drug-likeness (QED) is 0.359. The van der Waals surface area contributed by atoms with E-state index in [0.717, 1.165) is 9.78 Å². The molecule has 0 heterocycles. The molecule has 58 valence electrons. The van der Waals surface area contributed by atoms with E-state index in [9.17, 15) is 4.39 Å². The van der Waals surface area contributed by atoms with Gasteiger partial charge in [0.25, 0.3) is 0 Å². The third kappa shape index (κ3) is 1.89. The molecule has 1 aromatic carbocycles. The number of benzene rings is 1. The Balaban J connectivity index is 3.20. The van der Waals surface area contributed by atoms with Crippen molar-refractivity contribution in [3.05, 3.63) is 33.1 Å². The van der Waals surface area contributed by atoms with Gasteiger partial charge in [-0.1, -0.05) is 11.2 Å². The molecular formula is C7H5FINO. The second-order valence-electron chi connectivity index (χ2n) is 1.88. The third-order valence-corrected chi connectivity index (χ3v) is 2.13. The Bertz CT molecular complexity index is 268. The minimum Gasteiger partial charge on any atom is -0.411 e. The Morgan fingerprint density at radius 2 is 2.27 bits per heavy atom. The summed E-state index contributed by atoms with van der Waals surface area (Å²) in [4.78, 5) is 0. The third-order valence-electron chi connectivity index (χ3n) is 1.19. The lowest BCUT2D eigenvalue weighted by Gasteiger charge is -1.96. The predicted octanol–water partition coefficient (Wildman–Crippen LogP) is 2.24. The van der Waals surface area contributed by atoms with Crippen LogP contribution < -0.4 is 0 Å². The first kappa shape index (κ1) is 8.45. The van der Waals surface area contributed by atoms with Crippen molar-refractivity contribution in [2.45, 2.75) is 0 Å². The average Bonchev–Trinajstić information content (AvgIpc) is 1.97. The van der Waals surface area contributed by atoms with Gasteiger partial charge in [0.2, 0.25) is 0 Å². The second kappa shape index (κ2) is 3.66. The molecule has 0 aliphatic carbocycles. The molecule has 0 unspecified atom stereocenters. The first-order valence-electron chi connectivity index (χ1n) is 2.87. The molecule has 0 atom stereocenters. The maximum atomic E-state index is 12.8. The fourth-order valence-corrected chi connectivity index (χ4v) is 1.30. The maximum Gasteiger partial charge on any atom is 0.133 e. The van der Waals surface area contributed by atoms with Gasteiger partial charge in [0.05, 0.1) is 6.21 Å². The van der Waals surface area contributed by atoms with E-state index in [2.05, 4.69) is 5.16 Å². The molecule has 0 aliphatic heterocycles. The summed E-state index contributed by atoms with van der Waals surface area (Å²) >= 11 is 1.97. The van der Waals surface area contributed by atoms with Crippen LogP contribution in [0.1, 0.15) is 5.56 Å². The van der Waals surface area contributed by atoms with Crippen molar-refractivity contribution in [2.75, 3.05) is 0 Å². The van der Waals surface area contributed by atoms with E-state index in [1.807, 2.05) is 22.6 Å². The molecule has 4 heteroatoms. The van der Waals surface area contributed by atoms with E-state index in [1.54, 1.807) is 12.1 Å². The summed E-state index contributed by atoms with van der Waals surface area (Å²) in [7, 11) is 0. The van der Waals surface area contributed by atoms with Crippen LogP contribution >= 0.6 is 22.6 Å². The number of rotatable bonds is 1. The summed E-state index contributed by atoms with van der Waals surface area (Å²) in [6, 6.07) is 4.66. The predicted molar refractivity (Wildman–Crippen MR) is 48.5 cm³/mol. The molecule has 0 fully saturated rings. The van der Waals surface area contributed by atoms with Crippen LogP contribution in [0.25, 0.3) is 0 Å². The summed E-state index contributed by atoms with van der Waals surface area (Å²) < 4.78 is 13.6. The van der Waals surface area contributed by atoms with E-state index in [4.69, 9.17) is 5.21 Å². The van der Waals surface area contributed by atoms with Gasteiger partial charge in [-0.05, 0) is 34.7 Å². The second-order valence-corrected chi connectivity index (χ2v) is 3.04. The van der Waals surface area contributed by atoms with Gasteiger partial charge in [0.15, 0.2) is 0 Å². The standard InChI is InChI=1S/C7H5FINO/c8-6-2-1-3-7(9)5(6)4-10-11/h1-4,11H. The first-order chi connectivity index (χ1) is 5.25. The van der Waals surface area contributed by atoms with Crippen molar-refractivity contribution in [3.8, 4) is 0 Å². The summed E-state index contributed by atoms with van der Waals surface area (Å²) in [6.07, 6.45) is 1.08. The molecule has 0 aliphatic rings. The molecule has 0 radical (unpaired) electrons. The van der Waals surface area contributed by atoms with E-state index in [1.165, 1.54) is 6.07 Å². The Hall–Kier alpha value is -0.650. The topological polar surface area (TPSA) is 32.6 Å². The van der Waals surface area contributed by atoms with Crippen molar-refractivity contribution in [2.24, 2.45) is 5.16 Å². The highest BCUT2D eigenvalue weighted by Gasteiger charge is 2.02. The highest BCUT2D eigenvalue weighted by molar-refractivity contribution is 14.1. The summed E-state index contributed by atoms with van der Waals surface area (Å²) in [5.74, 6) is -0.380. The number of hydrogen-bond donors (Lipinski definition) is 1. The molecule has 1 rings (SSSR count). The molecule has 0 saturated carbocycles. The van der Waals surface area contributed by atoms with Crippen LogP contribution in [0.5, 0.6) is 0 Å². The van der Waals surface area contributed by atoms with Gasteiger partial charge in [-0.25, -0.2) is 4.39 Å². The minimum atomic E-state index is -0.380. The molecule has 1 N–H and O–H groups in total. The zero-order chi connectivity index (χ0) is 8.27. The largest absolute Gasteiger partial charge is 0.411 e. The number of halogens is 2. The molecule has 2 nitrogen and oxygen atoms in total. The Kier molecular flexibility index (Phi) is 2.81. The van der Waals surface area contributed by atoms with Crippen LogP contribution in [0.2, 0.25) is 0 Å². The normalized spacial score (nSPS) is 10.7. The van der Waals surface area contributed by atoms with E-state index < -0.39 is 0 Å². The monoisotopic (exact) mass is 265 g/mol. The van der Waals surface area contributed by atoms with E-state index in [0.29, 0.717) is 5.56 Å². The van der Waals surface area contributed by atoms with Gasteiger partial charge >= 0.3 is 0 Å². The molecule has 11 heavy (non-hydrogen) atoms. The Labute approximate surface area is 76.9 Å².